The molecule has 20 heavy (non-hydrogen) atoms. The van der Waals surface area contributed by atoms with Gasteiger partial charge in [-0.25, -0.2) is 5.06 Å². The van der Waals surface area contributed by atoms with Crippen molar-refractivity contribution in [2.45, 2.75) is 19.4 Å². The van der Waals surface area contributed by atoms with Crippen LogP contribution in [0.2, 0.25) is 0 Å². The molecule has 0 radical (unpaired) electrons. The lowest BCUT2D eigenvalue weighted by molar-refractivity contribution is -0.173. The number of nitrogens with zero attached hydrogens (tertiary/aromatic N) is 3. The number of carbonyl (C=O) groups excluding carboxylic acids is 2. The van der Waals surface area contributed by atoms with Crippen molar-refractivity contribution < 1.29 is 14.4 Å². The topological polar surface area (TPSA) is 62.7 Å². The van der Waals surface area contributed by atoms with Crippen molar-refractivity contribution in [1.82, 2.24) is 14.9 Å². The highest BCUT2D eigenvalue weighted by atomic mass is 16.7. The molecule has 2 amide bonds. The summed E-state index contributed by atoms with van der Waals surface area (Å²) in [5.74, 6) is -0.350. The Labute approximate surface area is 117 Å². The van der Waals surface area contributed by atoms with Crippen molar-refractivity contribution >= 4 is 11.8 Å². The van der Waals surface area contributed by atoms with Crippen LogP contribution in [0.3, 0.4) is 0 Å². The van der Waals surface area contributed by atoms with E-state index in [1.165, 1.54) is 5.06 Å². The average Bonchev–Trinajstić information content (AvgIpc) is 3.10. The molecule has 2 aliphatic rings. The number of carbonyl (C=O) groups is 2. The van der Waals surface area contributed by atoms with Crippen LogP contribution in [-0.4, -0.2) is 46.5 Å². The average molecular weight is 275 g/mol. The number of hydrogen-bond acceptors (Lipinski definition) is 4. The van der Waals surface area contributed by atoms with Crippen LogP contribution < -0.4 is 0 Å². The second-order valence-electron chi connectivity index (χ2n) is 5.12. The zero-order chi connectivity index (χ0) is 13.9. The molecule has 2 fully saturated rings. The van der Waals surface area contributed by atoms with E-state index in [4.69, 9.17) is 4.84 Å². The monoisotopic (exact) mass is 275 g/mol. The first-order valence-electron chi connectivity index (χ1n) is 6.86. The third kappa shape index (κ3) is 2.65. The zero-order valence-electron chi connectivity index (χ0n) is 11.2. The molecule has 6 nitrogen and oxygen atoms in total. The maximum Gasteiger partial charge on any atom is 0.251 e. The normalized spacial score (nSPS) is 22.6. The van der Waals surface area contributed by atoms with Gasteiger partial charge in [-0.2, -0.15) is 0 Å². The van der Waals surface area contributed by atoms with Crippen LogP contribution in [0.4, 0.5) is 0 Å². The summed E-state index contributed by atoms with van der Waals surface area (Å²) < 4.78 is 0. The minimum Gasteiger partial charge on any atom is -0.336 e. The largest absolute Gasteiger partial charge is 0.336 e. The van der Waals surface area contributed by atoms with Crippen LogP contribution >= 0.6 is 0 Å². The molecule has 2 aliphatic heterocycles. The van der Waals surface area contributed by atoms with Crippen LogP contribution in [0.15, 0.2) is 24.4 Å². The van der Waals surface area contributed by atoms with E-state index in [0.29, 0.717) is 26.2 Å². The molecule has 106 valence electrons. The Hall–Kier alpha value is -1.95. The first-order valence-corrected chi connectivity index (χ1v) is 6.86. The van der Waals surface area contributed by atoms with Gasteiger partial charge in [0, 0.05) is 19.2 Å². The molecule has 0 aliphatic carbocycles. The molecule has 0 bridgehead atoms. The minimum atomic E-state index is -0.288. The fourth-order valence-electron chi connectivity index (χ4n) is 2.60. The molecule has 2 saturated heterocycles. The lowest BCUT2D eigenvalue weighted by Crippen LogP contribution is -2.34. The summed E-state index contributed by atoms with van der Waals surface area (Å²) in [5.41, 5.74) is 0.839. The number of likely N-dealkylation sites (tertiary alicyclic amines) is 1. The van der Waals surface area contributed by atoms with Crippen molar-refractivity contribution in [2.24, 2.45) is 5.92 Å². The van der Waals surface area contributed by atoms with Crippen LogP contribution in [-0.2, 0) is 21.0 Å². The smallest absolute Gasteiger partial charge is 0.251 e. The van der Waals surface area contributed by atoms with Crippen LogP contribution in [0.25, 0.3) is 0 Å². The second-order valence-corrected chi connectivity index (χ2v) is 5.12. The van der Waals surface area contributed by atoms with Gasteiger partial charge < -0.3 is 4.90 Å². The number of amides is 2. The van der Waals surface area contributed by atoms with Gasteiger partial charge in [-0.1, -0.05) is 6.07 Å². The van der Waals surface area contributed by atoms with E-state index in [2.05, 4.69) is 4.98 Å². The molecule has 3 rings (SSSR count). The Morgan fingerprint density at radius 3 is 3.05 bits per heavy atom. The molecule has 1 unspecified atom stereocenters. The van der Waals surface area contributed by atoms with E-state index in [-0.39, 0.29) is 24.2 Å². The number of hydrogen-bond donors (Lipinski definition) is 0. The molecule has 0 saturated carbocycles. The lowest BCUT2D eigenvalue weighted by atomic mass is 10.1. The van der Waals surface area contributed by atoms with E-state index in [9.17, 15) is 9.59 Å². The fourth-order valence-corrected chi connectivity index (χ4v) is 2.60. The van der Waals surface area contributed by atoms with Gasteiger partial charge in [0.2, 0.25) is 5.91 Å². The summed E-state index contributed by atoms with van der Waals surface area (Å²) in [5, 5.41) is 1.40. The second kappa shape index (κ2) is 5.58. The predicted molar refractivity (Wildman–Crippen MR) is 70.0 cm³/mol. The number of hydroxylamine groups is 2. The summed E-state index contributed by atoms with van der Waals surface area (Å²) >= 11 is 0. The third-order valence-electron chi connectivity index (χ3n) is 3.64. The van der Waals surface area contributed by atoms with Crippen molar-refractivity contribution in [3.63, 3.8) is 0 Å². The summed E-state index contributed by atoms with van der Waals surface area (Å²) in [6.45, 7) is 2.13. The Balaban J connectivity index is 1.61. The van der Waals surface area contributed by atoms with E-state index < -0.39 is 0 Å². The Bertz CT molecular complexity index is 500. The highest BCUT2D eigenvalue weighted by Crippen LogP contribution is 2.23. The van der Waals surface area contributed by atoms with Gasteiger partial charge in [0.15, 0.2) is 0 Å². The number of aromatic nitrogens is 1. The van der Waals surface area contributed by atoms with Crippen LogP contribution in [0.1, 0.15) is 18.5 Å². The highest BCUT2D eigenvalue weighted by molar-refractivity contribution is 5.88. The van der Waals surface area contributed by atoms with E-state index in [1.54, 1.807) is 11.1 Å². The molecule has 0 spiro atoms. The molecular weight excluding hydrogens is 258 g/mol. The number of rotatable bonds is 3. The first-order chi connectivity index (χ1) is 9.74. The maximum absolute atomic E-state index is 12.2. The van der Waals surface area contributed by atoms with E-state index in [0.717, 1.165) is 12.1 Å². The van der Waals surface area contributed by atoms with E-state index >= 15 is 0 Å². The van der Waals surface area contributed by atoms with Crippen molar-refractivity contribution in [3.8, 4) is 0 Å². The number of pyridine rings is 1. The van der Waals surface area contributed by atoms with Crippen molar-refractivity contribution in [3.05, 3.63) is 30.1 Å². The lowest BCUT2D eigenvalue weighted by Gasteiger charge is -2.19. The molecule has 1 atom stereocenters. The summed E-state index contributed by atoms with van der Waals surface area (Å²) in [6, 6.07) is 5.61. The van der Waals surface area contributed by atoms with Gasteiger partial charge in [-0.3, -0.25) is 19.4 Å². The first kappa shape index (κ1) is 13.1. The Morgan fingerprint density at radius 1 is 1.45 bits per heavy atom. The molecular formula is C14H17N3O3. The van der Waals surface area contributed by atoms with Gasteiger partial charge in [0.1, 0.15) is 0 Å². The molecule has 0 N–H and O–H groups in total. The summed E-state index contributed by atoms with van der Waals surface area (Å²) in [6.07, 6.45) is 2.84. The van der Waals surface area contributed by atoms with Crippen LogP contribution in [0, 0.1) is 5.92 Å². The predicted octanol–water partition coefficient (Wildman–Crippen LogP) is 0.594. The maximum atomic E-state index is 12.2. The van der Waals surface area contributed by atoms with E-state index in [1.807, 2.05) is 18.2 Å². The molecule has 0 aromatic carbocycles. The molecule has 3 heterocycles. The quantitative estimate of drug-likeness (QED) is 0.810. The van der Waals surface area contributed by atoms with Crippen molar-refractivity contribution in [2.75, 3.05) is 19.7 Å². The van der Waals surface area contributed by atoms with Gasteiger partial charge >= 0.3 is 0 Å². The zero-order valence-corrected chi connectivity index (χ0v) is 11.2. The Kier molecular flexibility index (Phi) is 3.64. The molecule has 1 aromatic rings. The molecule has 6 heteroatoms. The van der Waals surface area contributed by atoms with Gasteiger partial charge in [0.05, 0.1) is 31.3 Å². The summed E-state index contributed by atoms with van der Waals surface area (Å²) in [7, 11) is 0. The van der Waals surface area contributed by atoms with Crippen LogP contribution in [0.5, 0.6) is 0 Å². The van der Waals surface area contributed by atoms with Crippen molar-refractivity contribution in [1.29, 1.82) is 0 Å². The Morgan fingerprint density at radius 2 is 2.35 bits per heavy atom. The summed E-state index contributed by atoms with van der Waals surface area (Å²) in [4.78, 5) is 35.4. The van der Waals surface area contributed by atoms with Gasteiger partial charge in [0.25, 0.3) is 5.91 Å². The SMILES string of the molecule is O=C1CC(C(=O)N2CCCO2)CN1Cc1ccccn1. The van der Waals surface area contributed by atoms with Gasteiger partial charge in [-0.15, -0.1) is 0 Å². The third-order valence-corrected chi connectivity index (χ3v) is 3.64. The van der Waals surface area contributed by atoms with Gasteiger partial charge in [-0.05, 0) is 18.6 Å². The molecule has 1 aromatic heterocycles. The highest BCUT2D eigenvalue weighted by Gasteiger charge is 2.37. The fraction of sp³-hybridized carbons (Fsp3) is 0.500. The minimum absolute atomic E-state index is 0.00759. The standard InChI is InChI=1S/C14H17N3O3/c18-13-8-11(14(19)17-6-3-7-20-17)9-16(13)10-12-4-1-2-5-15-12/h1-2,4-5,11H,3,6-10H2.